The second-order valence-corrected chi connectivity index (χ2v) is 7.36. The lowest BCUT2D eigenvalue weighted by Gasteiger charge is -2.17. The van der Waals surface area contributed by atoms with E-state index in [0.717, 1.165) is 18.5 Å². The lowest BCUT2D eigenvalue weighted by atomic mass is 9.98. The summed E-state index contributed by atoms with van der Waals surface area (Å²) in [5.74, 6) is -0.0863. The fourth-order valence-electron chi connectivity index (χ4n) is 1.91. The van der Waals surface area contributed by atoms with Crippen molar-refractivity contribution < 1.29 is 24.2 Å². The van der Waals surface area contributed by atoms with Crippen molar-refractivity contribution in [2.75, 3.05) is 18.8 Å². The molecular formula is C17H28N6O5S. The van der Waals surface area contributed by atoms with Crippen LogP contribution in [0.5, 0.6) is 0 Å². The molecule has 2 amide bonds. The number of rotatable bonds is 15. The van der Waals surface area contributed by atoms with E-state index in [1.807, 2.05) is 13.0 Å². The van der Waals surface area contributed by atoms with Gasteiger partial charge in [-0.25, -0.2) is 11.8 Å². The SMILES string of the molecule is [C-]#[N+]C(C)(CCC(=O)NCCSOOO)N=NC(C)(C#N)CCC(=O)NCCC. The van der Waals surface area contributed by atoms with Gasteiger partial charge in [-0.1, -0.05) is 12.0 Å². The van der Waals surface area contributed by atoms with Crippen molar-refractivity contribution in [2.45, 2.75) is 64.1 Å². The van der Waals surface area contributed by atoms with Gasteiger partial charge in [0.05, 0.1) is 12.5 Å². The number of nitrogens with zero attached hydrogens (tertiary/aromatic N) is 4. The van der Waals surface area contributed by atoms with E-state index < -0.39 is 11.2 Å². The summed E-state index contributed by atoms with van der Waals surface area (Å²) in [4.78, 5) is 27.0. The Hall–Kier alpha value is -2.25. The van der Waals surface area contributed by atoms with Crippen LogP contribution in [-0.2, 0) is 19.0 Å². The summed E-state index contributed by atoms with van der Waals surface area (Å²) in [5, 5.41) is 34.2. The van der Waals surface area contributed by atoms with E-state index in [9.17, 15) is 14.9 Å². The van der Waals surface area contributed by atoms with Gasteiger partial charge in [0.1, 0.15) is 0 Å². The molecule has 0 spiro atoms. The van der Waals surface area contributed by atoms with Crippen molar-refractivity contribution in [3.05, 3.63) is 11.4 Å². The van der Waals surface area contributed by atoms with Gasteiger partial charge in [0.25, 0.3) is 0 Å². The smallest absolute Gasteiger partial charge is 0.338 e. The molecule has 0 aromatic rings. The van der Waals surface area contributed by atoms with Gasteiger partial charge in [0.2, 0.25) is 11.8 Å². The highest BCUT2D eigenvalue weighted by atomic mass is 32.2. The van der Waals surface area contributed by atoms with Crippen LogP contribution >= 0.6 is 12.0 Å². The second kappa shape index (κ2) is 14.7. The maximum Gasteiger partial charge on any atom is 0.338 e. The van der Waals surface area contributed by atoms with Crippen LogP contribution in [0.4, 0.5) is 0 Å². The van der Waals surface area contributed by atoms with Gasteiger partial charge in [0, 0.05) is 50.7 Å². The summed E-state index contributed by atoms with van der Waals surface area (Å²) in [6.45, 7) is 13.2. The van der Waals surface area contributed by atoms with Gasteiger partial charge in [-0.3, -0.25) is 14.4 Å². The number of hydrogen-bond acceptors (Lipinski definition) is 9. The maximum atomic E-state index is 11.8. The van der Waals surface area contributed by atoms with E-state index in [0.29, 0.717) is 12.3 Å². The topological polar surface area (TPSA) is 150 Å². The zero-order valence-electron chi connectivity index (χ0n) is 16.9. The van der Waals surface area contributed by atoms with E-state index in [1.165, 1.54) is 6.92 Å². The Morgan fingerprint density at radius 2 is 1.83 bits per heavy atom. The number of azo groups is 1. The highest BCUT2D eigenvalue weighted by molar-refractivity contribution is 7.94. The van der Waals surface area contributed by atoms with E-state index in [2.05, 4.69) is 35.1 Å². The lowest BCUT2D eigenvalue weighted by Crippen LogP contribution is -2.29. The molecule has 29 heavy (non-hydrogen) atoms. The van der Waals surface area contributed by atoms with Crippen molar-refractivity contribution in [2.24, 2.45) is 10.2 Å². The molecule has 0 fully saturated rings. The Labute approximate surface area is 175 Å². The van der Waals surface area contributed by atoms with Crippen LogP contribution in [0.15, 0.2) is 10.2 Å². The predicted octanol–water partition coefficient (Wildman–Crippen LogP) is 2.63. The largest absolute Gasteiger partial charge is 0.356 e. The van der Waals surface area contributed by atoms with Crippen LogP contribution < -0.4 is 10.6 Å². The molecule has 12 heteroatoms. The first-order chi connectivity index (χ1) is 13.7. The van der Waals surface area contributed by atoms with E-state index in [-0.39, 0.29) is 44.0 Å². The summed E-state index contributed by atoms with van der Waals surface area (Å²) in [7, 11) is 0. The second-order valence-electron chi connectivity index (χ2n) is 6.58. The van der Waals surface area contributed by atoms with E-state index >= 15 is 0 Å². The third-order valence-electron chi connectivity index (χ3n) is 3.79. The third kappa shape index (κ3) is 12.8. The first-order valence-corrected chi connectivity index (χ1v) is 10.0. The lowest BCUT2D eigenvalue weighted by molar-refractivity contribution is -0.432. The van der Waals surface area contributed by atoms with E-state index in [1.54, 1.807) is 6.92 Å². The zero-order chi connectivity index (χ0) is 22.2. The molecule has 2 unspecified atom stereocenters. The number of carbonyl (C=O) groups excluding carboxylic acids is 2. The Bertz CT molecular complexity index is 635. The van der Waals surface area contributed by atoms with Gasteiger partial charge in [-0.05, 0) is 19.8 Å². The molecule has 11 nitrogen and oxygen atoms in total. The molecule has 0 saturated heterocycles. The number of amides is 2. The third-order valence-corrected chi connectivity index (χ3v) is 4.32. The molecule has 0 aliphatic rings. The fourth-order valence-corrected chi connectivity index (χ4v) is 2.21. The summed E-state index contributed by atoms with van der Waals surface area (Å²) < 4.78 is 4.18. The molecule has 0 aromatic heterocycles. The van der Waals surface area contributed by atoms with Crippen molar-refractivity contribution in [3.8, 4) is 6.07 Å². The molecular weight excluding hydrogens is 400 g/mol. The van der Waals surface area contributed by atoms with Crippen molar-refractivity contribution in [1.29, 1.82) is 5.26 Å². The first kappa shape index (κ1) is 26.8. The van der Waals surface area contributed by atoms with E-state index in [4.69, 9.17) is 11.8 Å². The molecule has 0 rings (SSSR count). The average Bonchev–Trinajstić information content (AvgIpc) is 2.73. The van der Waals surface area contributed by atoms with Crippen LogP contribution in [0.2, 0.25) is 0 Å². The van der Waals surface area contributed by atoms with Crippen LogP contribution in [0.25, 0.3) is 4.85 Å². The molecule has 0 radical (unpaired) electrons. The van der Waals surface area contributed by atoms with Crippen molar-refractivity contribution in [1.82, 2.24) is 10.6 Å². The minimum atomic E-state index is -1.29. The quantitative estimate of drug-likeness (QED) is 0.0906. The van der Waals surface area contributed by atoms with Gasteiger partial charge in [-0.15, -0.1) is 9.45 Å². The highest BCUT2D eigenvalue weighted by Gasteiger charge is 2.33. The standard InChI is InChI=1S/C17H28N6O5S/c1-5-10-20-14(24)6-8-16(2,13-18)22-23-17(3,19-4)9-7-15(25)21-11-12-29-28-27-26/h26H,5-12H2,1-3H3,(H,20,24)(H,21,25). The van der Waals surface area contributed by atoms with Gasteiger partial charge >= 0.3 is 5.66 Å². The Kier molecular flexibility index (Phi) is 13.6. The van der Waals surface area contributed by atoms with Crippen LogP contribution in [0, 0.1) is 17.9 Å². The fraction of sp³-hybridized carbons (Fsp3) is 0.765. The predicted molar refractivity (Wildman–Crippen MR) is 106 cm³/mol. The van der Waals surface area contributed by atoms with Gasteiger partial charge in [0.15, 0.2) is 5.54 Å². The Balaban J connectivity index is 4.63. The Morgan fingerprint density at radius 3 is 2.38 bits per heavy atom. The normalized spacial score (nSPS) is 15.0. The minimum absolute atomic E-state index is 0.0443. The number of carbonyl (C=O) groups is 2. The van der Waals surface area contributed by atoms with Crippen molar-refractivity contribution >= 4 is 23.9 Å². The maximum absolute atomic E-state index is 11.8. The zero-order valence-corrected chi connectivity index (χ0v) is 17.8. The summed E-state index contributed by atoms with van der Waals surface area (Å²) >= 11 is 0.819. The van der Waals surface area contributed by atoms with Crippen LogP contribution in [0.3, 0.4) is 0 Å². The first-order valence-electron chi connectivity index (χ1n) is 9.11. The monoisotopic (exact) mass is 428 g/mol. The summed E-state index contributed by atoms with van der Waals surface area (Å²) in [6.07, 6.45) is 1.29. The molecule has 0 aliphatic carbocycles. The average molecular weight is 429 g/mol. The summed E-state index contributed by atoms with van der Waals surface area (Å²) in [6, 6.07) is 2.03. The molecule has 0 aliphatic heterocycles. The molecule has 2 atom stereocenters. The van der Waals surface area contributed by atoms with Gasteiger partial charge < -0.3 is 10.6 Å². The van der Waals surface area contributed by atoms with Crippen molar-refractivity contribution in [3.63, 3.8) is 0 Å². The summed E-state index contributed by atoms with van der Waals surface area (Å²) in [5.41, 5.74) is -2.52. The molecule has 0 bridgehead atoms. The molecule has 3 N–H and O–H groups in total. The number of nitriles is 1. The molecule has 162 valence electrons. The Morgan fingerprint density at radius 1 is 1.21 bits per heavy atom. The van der Waals surface area contributed by atoms with Gasteiger partial charge in [-0.2, -0.15) is 10.4 Å². The number of nitrogens with one attached hydrogen (secondary N) is 2. The van der Waals surface area contributed by atoms with Crippen LogP contribution in [0.1, 0.15) is 52.9 Å². The molecule has 0 saturated carbocycles. The molecule has 0 heterocycles. The van der Waals surface area contributed by atoms with Crippen LogP contribution in [-0.4, -0.2) is 47.1 Å². The highest BCUT2D eigenvalue weighted by Crippen LogP contribution is 2.24. The molecule has 0 aromatic carbocycles. The minimum Gasteiger partial charge on any atom is -0.356 e. The number of hydrogen-bond donors (Lipinski definition) is 3.